The molecule has 0 spiro atoms. The molecule has 0 heterocycles. The summed E-state index contributed by atoms with van der Waals surface area (Å²) in [5.74, 6) is 0.544. The van der Waals surface area contributed by atoms with Gasteiger partial charge in [-0.1, -0.05) is 25.1 Å². The predicted octanol–water partition coefficient (Wildman–Crippen LogP) is 4.33. The monoisotopic (exact) mass is 271 g/mol. The van der Waals surface area contributed by atoms with Gasteiger partial charge in [-0.25, -0.2) is 0 Å². The van der Waals surface area contributed by atoms with E-state index < -0.39 is 11.7 Å². The van der Waals surface area contributed by atoms with E-state index in [0.29, 0.717) is 5.92 Å². The lowest BCUT2D eigenvalue weighted by molar-refractivity contribution is -0.137. The first kappa shape index (κ1) is 14.4. The lowest BCUT2D eigenvalue weighted by Crippen LogP contribution is -2.47. The third-order valence-corrected chi connectivity index (χ3v) is 4.45. The number of halogens is 3. The highest BCUT2D eigenvalue weighted by molar-refractivity contribution is 5.29. The maximum absolute atomic E-state index is 12.7. The molecule has 0 saturated heterocycles. The molecule has 106 valence electrons. The van der Waals surface area contributed by atoms with Crippen molar-refractivity contribution in [2.24, 2.45) is 11.7 Å². The Balaban J connectivity index is 2.24. The van der Waals surface area contributed by atoms with Gasteiger partial charge in [-0.2, -0.15) is 13.2 Å². The van der Waals surface area contributed by atoms with E-state index in [1.165, 1.54) is 12.1 Å². The highest BCUT2D eigenvalue weighted by atomic mass is 19.4. The molecule has 0 aliphatic heterocycles. The summed E-state index contributed by atoms with van der Waals surface area (Å²) in [7, 11) is 0. The molecular weight excluding hydrogens is 251 g/mol. The van der Waals surface area contributed by atoms with Gasteiger partial charge >= 0.3 is 6.18 Å². The summed E-state index contributed by atoms with van der Waals surface area (Å²) >= 11 is 0. The van der Waals surface area contributed by atoms with E-state index in [1.54, 1.807) is 6.07 Å². The van der Waals surface area contributed by atoms with Gasteiger partial charge in [0.1, 0.15) is 0 Å². The fraction of sp³-hybridized carbons (Fsp3) is 0.600. The molecule has 1 nitrogen and oxygen atoms in total. The fourth-order valence-corrected chi connectivity index (χ4v) is 2.87. The smallest absolute Gasteiger partial charge is 0.325 e. The Morgan fingerprint density at radius 2 is 1.95 bits per heavy atom. The maximum Gasteiger partial charge on any atom is 0.416 e. The lowest BCUT2D eigenvalue weighted by Gasteiger charge is -2.40. The van der Waals surface area contributed by atoms with E-state index in [4.69, 9.17) is 5.73 Å². The molecule has 0 aromatic heterocycles. The summed E-state index contributed by atoms with van der Waals surface area (Å²) in [6.45, 7) is 4.11. The largest absolute Gasteiger partial charge is 0.416 e. The molecule has 2 rings (SSSR count). The van der Waals surface area contributed by atoms with Crippen molar-refractivity contribution in [3.05, 3.63) is 35.4 Å². The van der Waals surface area contributed by atoms with Crippen molar-refractivity contribution in [3.63, 3.8) is 0 Å². The Morgan fingerprint density at radius 1 is 1.26 bits per heavy atom. The molecule has 1 aromatic rings. The minimum Gasteiger partial charge on any atom is -0.325 e. The zero-order valence-corrected chi connectivity index (χ0v) is 11.3. The molecule has 19 heavy (non-hydrogen) atoms. The highest BCUT2D eigenvalue weighted by Crippen LogP contribution is 2.41. The molecule has 0 amide bonds. The topological polar surface area (TPSA) is 26.0 Å². The van der Waals surface area contributed by atoms with Gasteiger partial charge < -0.3 is 5.73 Å². The lowest BCUT2D eigenvalue weighted by atomic mass is 9.69. The molecule has 1 aliphatic carbocycles. The molecule has 2 N–H and O–H groups in total. The van der Waals surface area contributed by atoms with Gasteiger partial charge in [0.15, 0.2) is 0 Å². The van der Waals surface area contributed by atoms with Crippen LogP contribution in [0, 0.1) is 5.92 Å². The van der Waals surface area contributed by atoms with Crippen molar-refractivity contribution in [2.75, 3.05) is 0 Å². The molecule has 4 heteroatoms. The molecule has 3 atom stereocenters. The van der Waals surface area contributed by atoms with E-state index in [9.17, 15) is 13.2 Å². The molecule has 0 radical (unpaired) electrons. The summed E-state index contributed by atoms with van der Waals surface area (Å²) in [6.07, 6.45) is -1.65. The van der Waals surface area contributed by atoms with Crippen LogP contribution in [0.2, 0.25) is 0 Å². The number of hydrogen-bond donors (Lipinski definition) is 1. The van der Waals surface area contributed by atoms with E-state index >= 15 is 0 Å². The van der Waals surface area contributed by atoms with E-state index in [-0.39, 0.29) is 11.5 Å². The van der Waals surface area contributed by atoms with Crippen LogP contribution in [0.1, 0.15) is 50.2 Å². The summed E-state index contributed by atoms with van der Waals surface area (Å²) < 4.78 is 38.2. The van der Waals surface area contributed by atoms with Crippen LogP contribution >= 0.6 is 0 Å². The molecular formula is C15H20F3N. The quantitative estimate of drug-likeness (QED) is 0.808. The molecule has 1 aromatic carbocycles. The first-order valence-electron chi connectivity index (χ1n) is 6.66. The number of benzene rings is 1. The molecule has 1 fully saturated rings. The van der Waals surface area contributed by atoms with Gasteiger partial charge in [0.25, 0.3) is 0 Å². The van der Waals surface area contributed by atoms with Crippen LogP contribution in [0.15, 0.2) is 24.3 Å². The van der Waals surface area contributed by atoms with Crippen LogP contribution in [0.4, 0.5) is 13.2 Å². The minimum absolute atomic E-state index is 0.133. The third-order valence-electron chi connectivity index (χ3n) is 4.45. The normalized spacial score (nSPS) is 32.3. The minimum atomic E-state index is -4.27. The van der Waals surface area contributed by atoms with Gasteiger partial charge in [0, 0.05) is 5.54 Å². The third kappa shape index (κ3) is 3.11. The highest BCUT2D eigenvalue weighted by Gasteiger charge is 2.36. The van der Waals surface area contributed by atoms with Gasteiger partial charge in [-0.3, -0.25) is 0 Å². The summed E-state index contributed by atoms with van der Waals surface area (Å²) in [5, 5.41) is 0. The van der Waals surface area contributed by atoms with Crippen LogP contribution in [0.25, 0.3) is 0 Å². The Labute approximate surface area is 112 Å². The van der Waals surface area contributed by atoms with Crippen molar-refractivity contribution in [1.82, 2.24) is 0 Å². The first-order valence-corrected chi connectivity index (χ1v) is 6.66. The number of rotatable bonds is 1. The van der Waals surface area contributed by atoms with Crippen LogP contribution in [0.3, 0.4) is 0 Å². The van der Waals surface area contributed by atoms with E-state index in [1.807, 2.05) is 6.92 Å². The van der Waals surface area contributed by atoms with Crippen molar-refractivity contribution in [2.45, 2.75) is 50.7 Å². The van der Waals surface area contributed by atoms with Gasteiger partial charge in [-0.05, 0) is 49.7 Å². The van der Waals surface area contributed by atoms with Gasteiger partial charge in [-0.15, -0.1) is 0 Å². The Kier molecular flexibility index (Phi) is 3.65. The van der Waals surface area contributed by atoms with Crippen LogP contribution in [-0.4, -0.2) is 5.54 Å². The molecule has 1 saturated carbocycles. The van der Waals surface area contributed by atoms with Gasteiger partial charge in [0.2, 0.25) is 0 Å². The number of alkyl halides is 3. The molecule has 1 aliphatic rings. The Morgan fingerprint density at radius 3 is 2.53 bits per heavy atom. The molecule has 0 bridgehead atoms. The summed E-state index contributed by atoms with van der Waals surface area (Å²) in [4.78, 5) is 0. The fourth-order valence-electron chi connectivity index (χ4n) is 2.87. The zero-order chi connectivity index (χ0) is 14.3. The van der Waals surface area contributed by atoms with Crippen LogP contribution < -0.4 is 5.73 Å². The average Bonchev–Trinajstić information content (AvgIpc) is 2.32. The van der Waals surface area contributed by atoms with Crippen LogP contribution in [0.5, 0.6) is 0 Å². The Bertz CT molecular complexity index is 451. The standard InChI is InChI=1S/C15H20F3N/c1-10-6-7-12(9-14(10,2)19)11-4-3-5-13(8-11)15(16,17)18/h3-5,8,10,12H,6-7,9,19H2,1-2H3/t10?,12?,14-/m1/s1. The molecule has 2 unspecified atom stereocenters. The second kappa shape index (κ2) is 4.82. The number of hydrogen-bond acceptors (Lipinski definition) is 1. The van der Waals surface area contributed by atoms with E-state index in [2.05, 4.69) is 6.92 Å². The predicted molar refractivity (Wildman–Crippen MR) is 69.8 cm³/mol. The van der Waals surface area contributed by atoms with E-state index in [0.717, 1.165) is 30.9 Å². The van der Waals surface area contributed by atoms with Crippen molar-refractivity contribution in [1.29, 1.82) is 0 Å². The second-order valence-corrected chi connectivity index (χ2v) is 6.01. The maximum atomic E-state index is 12.7. The second-order valence-electron chi connectivity index (χ2n) is 6.01. The van der Waals surface area contributed by atoms with Crippen molar-refractivity contribution >= 4 is 0 Å². The summed E-state index contributed by atoms with van der Waals surface area (Å²) in [5.41, 5.74) is 6.15. The number of nitrogens with two attached hydrogens (primary N) is 1. The Hall–Kier alpha value is -1.03. The van der Waals surface area contributed by atoms with Crippen LogP contribution in [-0.2, 0) is 6.18 Å². The van der Waals surface area contributed by atoms with Crippen molar-refractivity contribution < 1.29 is 13.2 Å². The van der Waals surface area contributed by atoms with Crippen molar-refractivity contribution in [3.8, 4) is 0 Å². The average molecular weight is 271 g/mol. The first-order chi connectivity index (χ1) is 8.70. The zero-order valence-electron chi connectivity index (χ0n) is 11.3. The SMILES string of the molecule is CC1CCC(c2cccc(C(F)(F)F)c2)C[C@@]1(C)N. The summed E-state index contributed by atoms with van der Waals surface area (Å²) in [6, 6.07) is 5.67. The van der Waals surface area contributed by atoms with Gasteiger partial charge in [0.05, 0.1) is 5.56 Å².